The van der Waals surface area contributed by atoms with Crippen molar-refractivity contribution in [2.24, 2.45) is 0 Å². The number of amides is 1. The first kappa shape index (κ1) is 18.6. The van der Waals surface area contributed by atoms with Gasteiger partial charge < -0.3 is 10.1 Å². The zero-order valence-corrected chi connectivity index (χ0v) is 15.9. The first-order valence-corrected chi connectivity index (χ1v) is 8.80. The van der Waals surface area contributed by atoms with Gasteiger partial charge in [0.15, 0.2) is 6.10 Å². The summed E-state index contributed by atoms with van der Waals surface area (Å²) in [5.41, 5.74) is 4.69. The van der Waals surface area contributed by atoms with Crippen molar-refractivity contribution in [1.82, 2.24) is 4.98 Å². The van der Waals surface area contributed by atoms with Gasteiger partial charge in [-0.25, -0.2) is 9.78 Å². The first-order chi connectivity index (χ1) is 12.8. The third-order valence-electron chi connectivity index (χ3n) is 4.39. The van der Waals surface area contributed by atoms with Crippen molar-refractivity contribution in [3.8, 4) is 0 Å². The van der Waals surface area contributed by atoms with E-state index in [1.165, 1.54) is 0 Å². The number of fused-ring (bicyclic) bond motifs is 1. The van der Waals surface area contributed by atoms with E-state index in [0.29, 0.717) is 5.52 Å². The van der Waals surface area contributed by atoms with Gasteiger partial charge in [-0.3, -0.25) is 4.79 Å². The first-order valence-electron chi connectivity index (χ1n) is 8.80. The predicted molar refractivity (Wildman–Crippen MR) is 106 cm³/mol. The number of rotatable bonds is 4. The summed E-state index contributed by atoms with van der Waals surface area (Å²) in [5.74, 6) is -1.00. The molecule has 1 atom stereocenters. The Morgan fingerprint density at radius 3 is 2.37 bits per heavy atom. The lowest BCUT2D eigenvalue weighted by Crippen LogP contribution is -2.30. The van der Waals surface area contributed by atoms with E-state index < -0.39 is 12.1 Å². The topological polar surface area (TPSA) is 68.3 Å². The Hall–Kier alpha value is -3.21. The summed E-state index contributed by atoms with van der Waals surface area (Å²) in [6, 6.07) is 14.9. The highest BCUT2D eigenvalue weighted by Gasteiger charge is 2.21. The highest BCUT2D eigenvalue weighted by atomic mass is 16.5. The maximum Gasteiger partial charge on any atom is 0.357 e. The molecule has 1 aromatic heterocycles. The van der Waals surface area contributed by atoms with Gasteiger partial charge in [0.25, 0.3) is 5.91 Å². The Labute approximate surface area is 158 Å². The van der Waals surface area contributed by atoms with E-state index in [1.807, 2.05) is 63.2 Å². The van der Waals surface area contributed by atoms with E-state index in [0.717, 1.165) is 27.8 Å². The number of carbonyl (C=O) groups is 2. The van der Waals surface area contributed by atoms with Crippen LogP contribution >= 0.6 is 0 Å². The molecule has 1 heterocycles. The number of hydrogen-bond acceptors (Lipinski definition) is 4. The Morgan fingerprint density at radius 2 is 1.67 bits per heavy atom. The van der Waals surface area contributed by atoms with Crippen molar-refractivity contribution in [3.63, 3.8) is 0 Å². The van der Waals surface area contributed by atoms with E-state index in [2.05, 4.69) is 10.3 Å². The van der Waals surface area contributed by atoms with Gasteiger partial charge in [-0.1, -0.05) is 42.0 Å². The van der Waals surface area contributed by atoms with E-state index in [1.54, 1.807) is 13.0 Å². The number of para-hydroxylation sites is 1. The van der Waals surface area contributed by atoms with Crippen LogP contribution in [0.1, 0.15) is 34.1 Å². The largest absolute Gasteiger partial charge is 0.448 e. The maximum absolute atomic E-state index is 12.5. The molecule has 27 heavy (non-hydrogen) atoms. The molecule has 3 aromatic rings. The molecule has 0 saturated carbocycles. The van der Waals surface area contributed by atoms with Gasteiger partial charge in [-0.15, -0.1) is 0 Å². The zero-order chi connectivity index (χ0) is 19.6. The number of benzene rings is 2. The molecule has 0 radical (unpaired) electrons. The highest BCUT2D eigenvalue weighted by molar-refractivity contribution is 5.98. The molecule has 0 spiro atoms. The van der Waals surface area contributed by atoms with Gasteiger partial charge in [0.05, 0.1) is 5.52 Å². The van der Waals surface area contributed by atoms with Crippen molar-refractivity contribution < 1.29 is 14.3 Å². The van der Waals surface area contributed by atoms with Crippen molar-refractivity contribution >= 4 is 28.5 Å². The lowest BCUT2D eigenvalue weighted by Gasteiger charge is -2.16. The molecule has 0 bridgehead atoms. The fourth-order valence-electron chi connectivity index (χ4n) is 3.06. The van der Waals surface area contributed by atoms with Crippen molar-refractivity contribution in [2.45, 2.75) is 33.8 Å². The molecule has 2 aromatic carbocycles. The lowest BCUT2D eigenvalue weighted by molar-refractivity contribution is -0.123. The Bertz CT molecular complexity index is 1000. The predicted octanol–water partition coefficient (Wildman–Crippen LogP) is 4.34. The summed E-state index contributed by atoms with van der Waals surface area (Å²) in [7, 11) is 0. The molecule has 0 aliphatic heterocycles. The third kappa shape index (κ3) is 4.14. The fraction of sp³-hybridized carbons (Fsp3) is 0.227. The minimum absolute atomic E-state index is 0.177. The molecule has 138 valence electrons. The van der Waals surface area contributed by atoms with Crippen LogP contribution < -0.4 is 5.32 Å². The van der Waals surface area contributed by atoms with Crippen LogP contribution in [-0.4, -0.2) is 23.0 Å². The highest BCUT2D eigenvalue weighted by Crippen LogP contribution is 2.22. The molecular weight excluding hydrogens is 340 g/mol. The van der Waals surface area contributed by atoms with Gasteiger partial charge >= 0.3 is 5.97 Å². The van der Waals surface area contributed by atoms with Gasteiger partial charge in [-0.2, -0.15) is 0 Å². The number of carbonyl (C=O) groups excluding carboxylic acids is 2. The number of nitrogens with zero attached hydrogens (tertiary/aromatic N) is 1. The summed E-state index contributed by atoms with van der Waals surface area (Å²) < 4.78 is 5.31. The second-order valence-corrected chi connectivity index (χ2v) is 6.70. The number of aryl methyl sites for hydroxylation is 3. The Balaban J connectivity index is 1.71. The molecule has 5 nitrogen and oxygen atoms in total. The Kier molecular flexibility index (Phi) is 5.21. The van der Waals surface area contributed by atoms with Gasteiger partial charge in [0.2, 0.25) is 0 Å². The molecule has 1 N–H and O–H groups in total. The van der Waals surface area contributed by atoms with Crippen LogP contribution in [0.15, 0.2) is 48.5 Å². The monoisotopic (exact) mass is 362 g/mol. The van der Waals surface area contributed by atoms with E-state index in [9.17, 15) is 9.59 Å². The molecule has 0 aliphatic carbocycles. The number of nitrogens with one attached hydrogen (secondary N) is 1. The number of hydrogen-bond donors (Lipinski definition) is 1. The number of pyridine rings is 1. The van der Waals surface area contributed by atoms with E-state index in [-0.39, 0.29) is 11.6 Å². The van der Waals surface area contributed by atoms with Crippen molar-refractivity contribution in [1.29, 1.82) is 0 Å². The average Bonchev–Trinajstić information content (AvgIpc) is 2.63. The lowest BCUT2D eigenvalue weighted by atomic mass is 10.0. The average molecular weight is 362 g/mol. The molecule has 0 fully saturated rings. The van der Waals surface area contributed by atoms with Crippen LogP contribution in [0.25, 0.3) is 10.9 Å². The van der Waals surface area contributed by atoms with Crippen LogP contribution in [0.2, 0.25) is 0 Å². The molecule has 0 saturated heterocycles. The van der Waals surface area contributed by atoms with Gasteiger partial charge in [0, 0.05) is 11.1 Å². The van der Waals surface area contributed by atoms with Crippen LogP contribution in [0, 0.1) is 20.8 Å². The Morgan fingerprint density at radius 1 is 1.00 bits per heavy atom. The molecular formula is C22H22N2O3. The summed E-state index contributed by atoms with van der Waals surface area (Å²) in [6.45, 7) is 7.43. The number of aromatic nitrogens is 1. The quantitative estimate of drug-likeness (QED) is 0.701. The minimum atomic E-state index is -0.939. The summed E-state index contributed by atoms with van der Waals surface area (Å²) in [6.07, 6.45) is -0.939. The SMILES string of the molecule is Cc1cc(C)c(NC(=O)[C@H](C)OC(=O)c2ccc3ccccc3n2)c(C)c1. The normalized spacial score (nSPS) is 11.9. The number of ether oxygens (including phenoxy) is 1. The van der Waals surface area contributed by atoms with Crippen LogP contribution in [0.5, 0.6) is 0 Å². The van der Waals surface area contributed by atoms with Gasteiger partial charge in [0.1, 0.15) is 5.69 Å². The zero-order valence-electron chi connectivity index (χ0n) is 15.9. The van der Waals surface area contributed by atoms with E-state index in [4.69, 9.17) is 4.74 Å². The van der Waals surface area contributed by atoms with Crippen molar-refractivity contribution in [2.75, 3.05) is 5.32 Å². The molecule has 0 aliphatic rings. The molecule has 5 heteroatoms. The van der Waals surface area contributed by atoms with Gasteiger partial charge in [-0.05, 0) is 51.0 Å². The summed E-state index contributed by atoms with van der Waals surface area (Å²) in [5, 5.41) is 3.79. The number of esters is 1. The molecule has 3 rings (SSSR count). The van der Waals surface area contributed by atoms with Crippen LogP contribution in [-0.2, 0) is 9.53 Å². The number of anilines is 1. The second kappa shape index (κ2) is 7.58. The van der Waals surface area contributed by atoms with E-state index >= 15 is 0 Å². The minimum Gasteiger partial charge on any atom is -0.448 e. The van der Waals surface area contributed by atoms with Crippen LogP contribution in [0.4, 0.5) is 5.69 Å². The third-order valence-corrected chi connectivity index (χ3v) is 4.39. The summed E-state index contributed by atoms with van der Waals surface area (Å²) in [4.78, 5) is 29.1. The standard InChI is InChI=1S/C22H22N2O3/c1-13-11-14(2)20(15(3)12-13)24-21(25)16(4)27-22(26)19-10-9-17-7-5-6-8-18(17)23-19/h5-12,16H,1-4H3,(H,24,25)/t16-/m0/s1. The fourth-order valence-corrected chi connectivity index (χ4v) is 3.06. The van der Waals surface area contributed by atoms with Crippen LogP contribution in [0.3, 0.4) is 0 Å². The summed E-state index contributed by atoms with van der Waals surface area (Å²) >= 11 is 0. The molecule has 0 unspecified atom stereocenters. The maximum atomic E-state index is 12.5. The second-order valence-electron chi connectivity index (χ2n) is 6.70. The molecule has 1 amide bonds. The van der Waals surface area contributed by atoms with Crippen molar-refractivity contribution in [3.05, 3.63) is 70.9 Å². The smallest absolute Gasteiger partial charge is 0.357 e.